The second-order valence-electron chi connectivity index (χ2n) is 5.55. The molecule has 0 spiro atoms. The minimum Gasteiger partial charge on any atom is -0.316 e. The number of benzene rings is 1. The Morgan fingerprint density at radius 2 is 1.67 bits per heavy atom. The van der Waals surface area contributed by atoms with Crippen LogP contribution in [0.25, 0.3) is 0 Å². The predicted octanol–water partition coefficient (Wildman–Crippen LogP) is 3.17. The van der Waals surface area contributed by atoms with Gasteiger partial charge in [-0.3, -0.25) is 4.90 Å². The van der Waals surface area contributed by atoms with Crippen molar-refractivity contribution in [1.82, 2.24) is 10.2 Å². The van der Waals surface area contributed by atoms with E-state index in [9.17, 15) is 0 Å². The smallest absolute Gasteiger partial charge is 0.0233 e. The largest absolute Gasteiger partial charge is 0.316 e. The van der Waals surface area contributed by atoms with Crippen molar-refractivity contribution in [3.8, 4) is 0 Å². The standard InChI is InChI=1S/C16H26N2/c1-17-12-14-8-10-15(11-9-14)13-18(2)16-6-4-3-5-7-16/h8-11,16-17H,3-7,12-13H2,1-2H3. The van der Waals surface area contributed by atoms with Crippen LogP contribution in [0.1, 0.15) is 43.2 Å². The summed E-state index contributed by atoms with van der Waals surface area (Å²) in [6, 6.07) is 9.81. The lowest BCUT2D eigenvalue weighted by Crippen LogP contribution is -2.32. The third-order valence-electron chi connectivity index (χ3n) is 4.03. The van der Waals surface area contributed by atoms with E-state index in [1.54, 1.807) is 0 Å². The minimum atomic E-state index is 0.802. The zero-order valence-electron chi connectivity index (χ0n) is 11.8. The van der Waals surface area contributed by atoms with E-state index in [2.05, 4.69) is 41.5 Å². The van der Waals surface area contributed by atoms with Crippen molar-refractivity contribution in [2.45, 2.75) is 51.2 Å². The van der Waals surface area contributed by atoms with Gasteiger partial charge in [-0.25, -0.2) is 0 Å². The molecule has 1 aromatic carbocycles. The molecule has 1 saturated carbocycles. The third-order valence-corrected chi connectivity index (χ3v) is 4.03. The van der Waals surface area contributed by atoms with E-state index in [0.29, 0.717) is 0 Å². The molecule has 0 aromatic heterocycles. The van der Waals surface area contributed by atoms with Gasteiger partial charge in [-0.2, -0.15) is 0 Å². The lowest BCUT2D eigenvalue weighted by molar-refractivity contribution is 0.184. The highest BCUT2D eigenvalue weighted by Gasteiger charge is 2.17. The molecular formula is C16H26N2. The number of nitrogens with zero attached hydrogens (tertiary/aromatic N) is 1. The quantitative estimate of drug-likeness (QED) is 0.858. The van der Waals surface area contributed by atoms with Crippen LogP contribution in [0.2, 0.25) is 0 Å². The Labute approximate surface area is 111 Å². The SMILES string of the molecule is CNCc1ccc(CN(C)C2CCCCC2)cc1. The first-order valence-electron chi connectivity index (χ1n) is 7.22. The van der Waals surface area contributed by atoms with Crippen LogP contribution < -0.4 is 5.32 Å². The molecule has 0 heterocycles. The highest BCUT2D eigenvalue weighted by molar-refractivity contribution is 5.22. The van der Waals surface area contributed by atoms with Gasteiger partial charge in [-0.15, -0.1) is 0 Å². The topological polar surface area (TPSA) is 15.3 Å². The van der Waals surface area contributed by atoms with E-state index >= 15 is 0 Å². The molecule has 0 unspecified atom stereocenters. The maximum atomic E-state index is 3.19. The van der Waals surface area contributed by atoms with Gasteiger partial charge in [0.2, 0.25) is 0 Å². The first-order chi connectivity index (χ1) is 8.79. The maximum Gasteiger partial charge on any atom is 0.0233 e. The van der Waals surface area contributed by atoms with Crippen molar-refractivity contribution in [3.05, 3.63) is 35.4 Å². The molecule has 0 saturated heterocycles. The first-order valence-corrected chi connectivity index (χ1v) is 7.22. The summed E-state index contributed by atoms with van der Waals surface area (Å²) in [5.74, 6) is 0. The molecule has 0 bridgehead atoms. The molecule has 18 heavy (non-hydrogen) atoms. The van der Waals surface area contributed by atoms with E-state index in [0.717, 1.165) is 19.1 Å². The van der Waals surface area contributed by atoms with E-state index in [4.69, 9.17) is 0 Å². The van der Waals surface area contributed by atoms with Crippen LogP contribution in [0.4, 0.5) is 0 Å². The molecule has 1 aromatic rings. The molecule has 1 fully saturated rings. The van der Waals surface area contributed by atoms with Crippen molar-refractivity contribution < 1.29 is 0 Å². The van der Waals surface area contributed by atoms with Crippen molar-refractivity contribution in [3.63, 3.8) is 0 Å². The van der Waals surface area contributed by atoms with Gasteiger partial charge >= 0.3 is 0 Å². The summed E-state index contributed by atoms with van der Waals surface area (Å²) in [6.45, 7) is 2.04. The average molecular weight is 246 g/mol. The van der Waals surface area contributed by atoms with Crippen LogP contribution in [-0.2, 0) is 13.1 Å². The fourth-order valence-corrected chi connectivity index (χ4v) is 2.91. The summed E-state index contributed by atoms with van der Waals surface area (Å²) in [4.78, 5) is 2.53. The summed E-state index contributed by atoms with van der Waals surface area (Å²) < 4.78 is 0. The van der Waals surface area contributed by atoms with Gasteiger partial charge in [0.1, 0.15) is 0 Å². The van der Waals surface area contributed by atoms with Crippen LogP contribution >= 0.6 is 0 Å². The van der Waals surface area contributed by atoms with Crippen LogP contribution in [0.3, 0.4) is 0 Å². The van der Waals surface area contributed by atoms with Crippen LogP contribution in [0.5, 0.6) is 0 Å². The van der Waals surface area contributed by atoms with Crippen LogP contribution in [-0.4, -0.2) is 25.0 Å². The van der Waals surface area contributed by atoms with Gasteiger partial charge in [-0.05, 0) is 38.1 Å². The molecule has 0 atom stereocenters. The minimum absolute atomic E-state index is 0.802. The fraction of sp³-hybridized carbons (Fsp3) is 0.625. The Hall–Kier alpha value is -0.860. The number of nitrogens with one attached hydrogen (secondary N) is 1. The average Bonchev–Trinajstić information content (AvgIpc) is 2.42. The normalized spacial score (nSPS) is 17.3. The maximum absolute atomic E-state index is 3.19. The van der Waals surface area contributed by atoms with Crippen molar-refractivity contribution >= 4 is 0 Å². The van der Waals surface area contributed by atoms with Crippen molar-refractivity contribution in [2.75, 3.05) is 14.1 Å². The second-order valence-corrected chi connectivity index (χ2v) is 5.55. The van der Waals surface area contributed by atoms with Gasteiger partial charge in [0.15, 0.2) is 0 Å². The molecule has 1 aliphatic carbocycles. The molecule has 2 rings (SSSR count). The second kappa shape index (κ2) is 6.91. The fourth-order valence-electron chi connectivity index (χ4n) is 2.91. The van der Waals surface area contributed by atoms with Gasteiger partial charge in [0, 0.05) is 19.1 Å². The Bertz CT molecular complexity index is 339. The van der Waals surface area contributed by atoms with E-state index in [1.165, 1.54) is 43.2 Å². The third kappa shape index (κ3) is 3.82. The van der Waals surface area contributed by atoms with Gasteiger partial charge in [0.25, 0.3) is 0 Å². The molecule has 0 aliphatic heterocycles. The molecule has 1 N–H and O–H groups in total. The Balaban J connectivity index is 1.87. The Morgan fingerprint density at radius 1 is 1.06 bits per heavy atom. The molecule has 2 heteroatoms. The van der Waals surface area contributed by atoms with Crippen LogP contribution in [0, 0.1) is 0 Å². The van der Waals surface area contributed by atoms with E-state index in [-0.39, 0.29) is 0 Å². The molecule has 1 aliphatic rings. The summed E-state index contributed by atoms with van der Waals surface area (Å²) in [5, 5.41) is 3.19. The lowest BCUT2D eigenvalue weighted by Gasteiger charge is -2.31. The van der Waals surface area contributed by atoms with Gasteiger partial charge < -0.3 is 5.32 Å². The number of hydrogen-bond acceptors (Lipinski definition) is 2. The Morgan fingerprint density at radius 3 is 2.28 bits per heavy atom. The summed E-state index contributed by atoms with van der Waals surface area (Å²) in [7, 11) is 4.27. The van der Waals surface area contributed by atoms with E-state index < -0.39 is 0 Å². The zero-order chi connectivity index (χ0) is 12.8. The zero-order valence-corrected chi connectivity index (χ0v) is 11.8. The number of rotatable bonds is 5. The number of hydrogen-bond donors (Lipinski definition) is 1. The Kier molecular flexibility index (Phi) is 5.21. The summed E-state index contributed by atoms with van der Waals surface area (Å²) >= 11 is 0. The molecule has 0 radical (unpaired) electrons. The lowest BCUT2D eigenvalue weighted by atomic mass is 9.94. The summed E-state index contributed by atoms with van der Waals surface area (Å²) in [5.41, 5.74) is 2.80. The molecular weight excluding hydrogens is 220 g/mol. The van der Waals surface area contributed by atoms with Crippen LogP contribution in [0.15, 0.2) is 24.3 Å². The molecule has 0 amide bonds. The summed E-state index contributed by atoms with van der Waals surface area (Å²) in [6.07, 6.45) is 7.03. The highest BCUT2D eigenvalue weighted by Crippen LogP contribution is 2.22. The molecule has 100 valence electrons. The van der Waals surface area contributed by atoms with Crippen molar-refractivity contribution in [2.24, 2.45) is 0 Å². The molecule has 2 nitrogen and oxygen atoms in total. The van der Waals surface area contributed by atoms with Gasteiger partial charge in [-0.1, -0.05) is 43.5 Å². The monoisotopic (exact) mass is 246 g/mol. The van der Waals surface area contributed by atoms with E-state index in [1.807, 2.05) is 7.05 Å². The highest BCUT2D eigenvalue weighted by atomic mass is 15.1. The van der Waals surface area contributed by atoms with Gasteiger partial charge in [0.05, 0.1) is 0 Å². The first kappa shape index (κ1) is 13.6. The predicted molar refractivity (Wildman–Crippen MR) is 77.5 cm³/mol. The van der Waals surface area contributed by atoms with Crippen molar-refractivity contribution in [1.29, 1.82) is 0 Å².